The number of ether oxygens (including phenoxy) is 1. The first-order valence-electron chi connectivity index (χ1n) is 10.4. The zero-order valence-corrected chi connectivity index (χ0v) is 16.5. The number of hydrogen-bond donors (Lipinski definition) is 1. The summed E-state index contributed by atoms with van der Waals surface area (Å²) >= 11 is 0. The van der Waals surface area contributed by atoms with Gasteiger partial charge in [-0.25, -0.2) is 0 Å². The van der Waals surface area contributed by atoms with Gasteiger partial charge in [0.15, 0.2) is 0 Å². The number of piperidine rings is 1. The smallest absolute Gasteiger partial charge is 0.0510 e. The normalized spacial score (nSPS) is 45.2. The number of likely N-dealkylation sites (tertiary alicyclic amines) is 3. The first-order valence-corrected chi connectivity index (χ1v) is 10.4. The van der Waals surface area contributed by atoms with Crippen molar-refractivity contribution in [2.24, 2.45) is 35.5 Å². The highest BCUT2D eigenvalue weighted by atomic mass is 16.5. The third-order valence-corrected chi connectivity index (χ3v) is 7.16. The Morgan fingerprint density at radius 3 is 1.40 bits per heavy atom. The van der Waals surface area contributed by atoms with Crippen LogP contribution in [-0.2, 0) is 4.74 Å². The quantitative estimate of drug-likeness (QED) is 0.689. The van der Waals surface area contributed by atoms with Gasteiger partial charge in [-0.15, -0.1) is 0 Å². The van der Waals surface area contributed by atoms with Crippen LogP contribution in [0.25, 0.3) is 0 Å². The molecule has 144 valence electrons. The largest absolute Gasteiger partial charge is 0.381 e. The second kappa shape index (κ2) is 7.81. The Hall–Kier alpha value is -0.200. The Morgan fingerprint density at radius 1 is 0.600 bits per heavy atom. The van der Waals surface area contributed by atoms with Gasteiger partial charge in [0.25, 0.3) is 0 Å². The number of nitrogens with one attached hydrogen (secondary N) is 1. The number of hydrogen-bond acceptors (Lipinski definition) is 5. The highest BCUT2D eigenvalue weighted by Crippen LogP contribution is 2.44. The summed E-state index contributed by atoms with van der Waals surface area (Å²) in [6.45, 7) is 12.4. The standard InChI is InChI=1S/C7H14N2.C7H13NO.C6H11N/c1-9-4-6-2-8-3-7(6)5-9;1-8-2-6-4-9-5-7(6)3-8;1-7-3-5-2-6(5)4-7/h6-8H,2-5H2,1H3;6-7H,2-5H2,1H3;5-6H,2-4H2,1H3. The van der Waals surface area contributed by atoms with Crippen molar-refractivity contribution in [2.45, 2.75) is 6.42 Å². The van der Waals surface area contributed by atoms with Crippen LogP contribution in [0.5, 0.6) is 0 Å². The molecule has 5 heteroatoms. The Morgan fingerprint density at radius 2 is 1.00 bits per heavy atom. The molecule has 6 atom stereocenters. The average Bonchev–Trinajstić information content (AvgIpc) is 3.06. The van der Waals surface area contributed by atoms with E-state index in [-0.39, 0.29) is 0 Å². The molecule has 0 aromatic carbocycles. The topological polar surface area (TPSA) is 31.0 Å². The molecule has 5 aliphatic heterocycles. The lowest BCUT2D eigenvalue weighted by Crippen LogP contribution is -2.21. The molecule has 0 aromatic rings. The molecule has 25 heavy (non-hydrogen) atoms. The number of fused-ring (bicyclic) bond motifs is 3. The van der Waals surface area contributed by atoms with Gasteiger partial charge in [-0.1, -0.05) is 0 Å². The minimum Gasteiger partial charge on any atom is -0.381 e. The van der Waals surface area contributed by atoms with Crippen LogP contribution in [0.1, 0.15) is 6.42 Å². The fraction of sp³-hybridized carbons (Fsp3) is 1.00. The van der Waals surface area contributed by atoms with Gasteiger partial charge < -0.3 is 24.8 Å². The molecular weight excluding hydrogens is 312 g/mol. The zero-order chi connectivity index (χ0) is 17.4. The van der Waals surface area contributed by atoms with Crippen LogP contribution in [0.2, 0.25) is 0 Å². The van der Waals surface area contributed by atoms with E-state index in [1.54, 1.807) is 0 Å². The molecular formula is C20H38N4O. The second-order valence-electron chi connectivity index (χ2n) is 9.66. The maximum atomic E-state index is 5.33. The van der Waals surface area contributed by atoms with Crippen molar-refractivity contribution in [3.63, 3.8) is 0 Å². The molecule has 0 bridgehead atoms. The van der Waals surface area contributed by atoms with Gasteiger partial charge in [-0.3, -0.25) is 0 Å². The maximum Gasteiger partial charge on any atom is 0.0510 e. The lowest BCUT2D eigenvalue weighted by Gasteiger charge is -2.07. The SMILES string of the molecule is CN1CC2CC2C1.CN1CC2CNCC2C1.CN1CC2COCC2C1. The summed E-state index contributed by atoms with van der Waals surface area (Å²) in [6, 6.07) is 0. The van der Waals surface area contributed by atoms with Crippen molar-refractivity contribution in [3.8, 4) is 0 Å². The third-order valence-electron chi connectivity index (χ3n) is 7.16. The van der Waals surface area contributed by atoms with Crippen LogP contribution in [0.4, 0.5) is 0 Å². The molecule has 0 spiro atoms. The molecule has 0 aromatic heterocycles. The molecule has 5 nitrogen and oxygen atoms in total. The molecule has 1 N–H and O–H groups in total. The highest BCUT2D eigenvalue weighted by Gasteiger charge is 2.43. The molecule has 1 saturated carbocycles. The van der Waals surface area contributed by atoms with Gasteiger partial charge >= 0.3 is 0 Å². The van der Waals surface area contributed by atoms with Crippen molar-refractivity contribution in [3.05, 3.63) is 0 Å². The zero-order valence-electron chi connectivity index (χ0n) is 16.5. The summed E-state index contributed by atoms with van der Waals surface area (Å²) in [4.78, 5) is 7.27. The summed E-state index contributed by atoms with van der Waals surface area (Å²) < 4.78 is 5.33. The average molecular weight is 351 g/mol. The molecule has 6 fully saturated rings. The van der Waals surface area contributed by atoms with Crippen LogP contribution in [-0.4, -0.2) is 101 Å². The summed E-state index contributed by atoms with van der Waals surface area (Å²) in [5.74, 6) is 5.88. The Labute approximate surface area is 154 Å². The monoisotopic (exact) mass is 350 g/mol. The predicted molar refractivity (Wildman–Crippen MR) is 102 cm³/mol. The summed E-state index contributed by atoms with van der Waals surface area (Å²) in [5, 5.41) is 3.42. The van der Waals surface area contributed by atoms with Crippen molar-refractivity contribution >= 4 is 0 Å². The fourth-order valence-electron chi connectivity index (χ4n) is 5.64. The van der Waals surface area contributed by atoms with Crippen molar-refractivity contribution in [1.82, 2.24) is 20.0 Å². The summed E-state index contributed by atoms with van der Waals surface area (Å²) in [6.07, 6.45) is 1.53. The molecule has 0 radical (unpaired) electrons. The molecule has 6 rings (SSSR count). The van der Waals surface area contributed by atoms with Gasteiger partial charge in [0.2, 0.25) is 0 Å². The van der Waals surface area contributed by atoms with Crippen molar-refractivity contribution in [2.75, 3.05) is 86.7 Å². The number of nitrogens with zero attached hydrogens (tertiary/aromatic N) is 3. The van der Waals surface area contributed by atoms with E-state index < -0.39 is 0 Å². The van der Waals surface area contributed by atoms with Gasteiger partial charge in [-0.2, -0.15) is 0 Å². The van der Waals surface area contributed by atoms with E-state index in [4.69, 9.17) is 4.74 Å². The lowest BCUT2D eigenvalue weighted by molar-refractivity contribution is 0.160. The van der Waals surface area contributed by atoms with E-state index in [1.807, 2.05) is 0 Å². The summed E-state index contributed by atoms with van der Waals surface area (Å²) in [5.41, 5.74) is 0. The number of rotatable bonds is 0. The van der Waals surface area contributed by atoms with Crippen molar-refractivity contribution < 1.29 is 4.74 Å². The maximum absolute atomic E-state index is 5.33. The molecule has 5 saturated heterocycles. The van der Waals surface area contributed by atoms with Gasteiger partial charge in [0.05, 0.1) is 13.2 Å². The van der Waals surface area contributed by atoms with Crippen LogP contribution in [0.3, 0.4) is 0 Å². The lowest BCUT2D eigenvalue weighted by atomic mass is 10.0. The van der Waals surface area contributed by atoms with Crippen molar-refractivity contribution in [1.29, 1.82) is 0 Å². The Balaban J connectivity index is 0.0000000949. The molecule has 1 aliphatic carbocycles. The fourth-order valence-corrected chi connectivity index (χ4v) is 5.64. The molecule has 6 unspecified atom stereocenters. The summed E-state index contributed by atoms with van der Waals surface area (Å²) in [7, 11) is 6.63. The minimum atomic E-state index is 0.856. The van der Waals surface area contributed by atoms with E-state index >= 15 is 0 Å². The van der Waals surface area contributed by atoms with Crippen LogP contribution >= 0.6 is 0 Å². The van der Waals surface area contributed by atoms with Crippen LogP contribution in [0, 0.1) is 35.5 Å². The van der Waals surface area contributed by atoms with E-state index in [0.717, 1.165) is 48.7 Å². The first kappa shape index (κ1) is 18.2. The van der Waals surface area contributed by atoms with Crippen LogP contribution < -0.4 is 5.32 Å². The van der Waals surface area contributed by atoms with E-state index in [0.29, 0.717) is 0 Å². The highest BCUT2D eigenvalue weighted by molar-refractivity contribution is 4.95. The van der Waals surface area contributed by atoms with Gasteiger partial charge in [0.1, 0.15) is 0 Å². The molecule has 0 amide bonds. The van der Waals surface area contributed by atoms with Gasteiger partial charge in [0, 0.05) is 51.1 Å². The van der Waals surface area contributed by atoms with Crippen LogP contribution in [0.15, 0.2) is 0 Å². The Kier molecular flexibility index (Phi) is 5.68. The minimum absolute atomic E-state index is 0.856. The van der Waals surface area contributed by atoms with E-state index in [9.17, 15) is 0 Å². The van der Waals surface area contributed by atoms with E-state index in [2.05, 4.69) is 41.2 Å². The predicted octanol–water partition coefficient (Wildman–Crippen LogP) is 0.530. The first-order chi connectivity index (χ1) is 12.1. The van der Waals surface area contributed by atoms with Gasteiger partial charge in [-0.05, 0) is 64.3 Å². The molecule has 6 aliphatic rings. The van der Waals surface area contributed by atoms with E-state index in [1.165, 1.54) is 58.8 Å². The second-order valence-corrected chi connectivity index (χ2v) is 9.66. The third kappa shape index (κ3) is 4.56. The Bertz CT molecular complexity index is 385. The molecule has 5 heterocycles.